The highest BCUT2D eigenvalue weighted by atomic mass is 35.5. The molecule has 3 heterocycles. The van der Waals surface area contributed by atoms with Crippen LogP contribution >= 0.6 is 23.2 Å². The standard InChI is InChI=1S/C32H30Cl2F3N5O2/c1-17-15-41(31(43)18(2)35)12-13-42(17)30-22-14-23(33)26(21-8-4-6-19-9-10-24(36)27(34)25(19)21)28(37)29(22)38-32(39-30)44-16-20-7-5-11-40(20)3/h4,6,8-10,14,17,20H,2,5,7,11-13,15-16H2,1,3H3/t17-,20-/m0/s1. The van der Waals surface area contributed by atoms with E-state index in [4.69, 9.17) is 32.9 Å². The number of likely N-dealkylation sites (N-methyl/N-ethyl adjacent to an activating group) is 1. The van der Waals surface area contributed by atoms with Crippen LogP contribution in [-0.2, 0) is 4.79 Å². The summed E-state index contributed by atoms with van der Waals surface area (Å²) in [5.41, 5.74) is 0.309. The summed E-state index contributed by atoms with van der Waals surface area (Å²) in [6.07, 6.45) is 2.00. The molecule has 2 fully saturated rings. The van der Waals surface area contributed by atoms with E-state index >= 15 is 4.39 Å². The zero-order valence-corrected chi connectivity index (χ0v) is 25.7. The average Bonchev–Trinajstić information content (AvgIpc) is 3.41. The van der Waals surface area contributed by atoms with Gasteiger partial charge in [0.2, 0.25) is 0 Å². The first-order chi connectivity index (χ1) is 21.0. The molecule has 230 valence electrons. The number of piperazine rings is 1. The molecule has 0 aliphatic carbocycles. The minimum atomic E-state index is -1.03. The van der Waals surface area contributed by atoms with Crippen molar-refractivity contribution in [3.05, 3.63) is 70.5 Å². The first-order valence-electron chi connectivity index (χ1n) is 14.3. The third kappa shape index (κ3) is 5.44. The van der Waals surface area contributed by atoms with Crippen LogP contribution < -0.4 is 9.64 Å². The highest BCUT2D eigenvalue weighted by Gasteiger charge is 2.32. The van der Waals surface area contributed by atoms with Crippen LogP contribution in [0.3, 0.4) is 0 Å². The van der Waals surface area contributed by atoms with Crippen LogP contribution in [0.25, 0.3) is 32.8 Å². The molecule has 12 heteroatoms. The summed E-state index contributed by atoms with van der Waals surface area (Å²) in [6, 6.07) is 9.36. The van der Waals surface area contributed by atoms with Gasteiger partial charge in [0.1, 0.15) is 23.8 Å². The molecule has 0 unspecified atom stereocenters. The second-order valence-corrected chi connectivity index (χ2v) is 12.1. The molecule has 1 aromatic heterocycles. The maximum absolute atomic E-state index is 16.8. The van der Waals surface area contributed by atoms with Gasteiger partial charge in [-0.25, -0.2) is 13.2 Å². The molecule has 2 aliphatic rings. The lowest BCUT2D eigenvalue weighted by Gasteiger charge is -2.40. The smallest absolute Gasteiger partial charge is 0.319 e. The quantitative estimate of drug-likeness (QED) is 0.210. The van der Waals surface area contributed by atoms with E-state index in [9.17, 15) is 13.6 Å². The van der Waals surface area contributed by atoms with Gasteiger partial charge in [-0.2, -0.15) is 9.97 Å². The van der Waals surface area contributed by atoms with E-state index < -0.39 is 23.4 Å². The van der Waals surface area contributed by atoms with Crippen LogP contribution in [0, 0.1) is 11.6 Å². The Labute approximate surface area is 262 Å². The van der Waals surface area contributed by atoms with Gasteiger partial charge in [0.05, 0.1) is 10.0 Å². The number of carbonyl (C=O) groups excluding carboxylic acids is 1. The van der Waals surface area contributed by atoms with Crippen LogP contribution in [0.5, 0.6) is 6.01 Å². The summed E-state index contributed by atoms with van der Waals surface area (Å²) in [7, 11) is 2.02. The van der Waals surface area contributed by atoms with Crippen LogP contribution in [0.2, 0.25) is 10.0 Å². The minimum absolute atomic E-state index is 0.00943. The van der Waals surface area contributed by atoms with Gasteiger partial charge in [0.25, 0.3) is 5.91 Å². The lowest BCUT2D eigenvalue weighted by atomic mass is 9.96. The largest absolute Gasteiger partial charge is 0.462 e. The number of ether oxygens (including phenoxy) is 1. The van der Waals surface area contributed by atoms with Crippen LogP contribution in [0.1, 0.15) is 19.8 Å². The Morgan fingerprint density at radius 3 is 2.64 bits per heavy atom. The SMILES string of the molecule is C=C(F)C(=O)N1CCN(c2nc(OC[C@@H]3CCCN3C)nc3c(F)c(-c4cccc5ccc(F)c(Cl)c45)c(Cl)cc23)[C@@H](C)C1. The fourth-order valence-corrected chi connectivity index (χ4v) is 6.76. The Morgan fingerprint density at radius 2 is 1.93 bits per heavy atom. The maximum atomic E-state index is 16.8. The van der Waals surface area contributed by atoms with Crippen molar-refractivity contribution in [3.63, 3.8) is 0 Å². The zero-order valence-electron chi connectivity index (χ0n) is 24.2. The van der Waals surface area contributed by atoms with Gasteiger partial charge in [0.15, 0.2) is 11.6 Å². The first kappa shape index (κ1) is 30.4. The third-order valence-electron chi connectivity index (χ3n) is 8.54. The molecule has 0 N–H and O–H groups in total. The Balaban J connectivity index is 1.50. The predicted molar refractivity (Wildman–Crippen MR) is 167 cm³/mol. The van der Waals surface area contributed by atoms with Gasteiger partial charge in [-0.15, -0.1) is 0 Å². The number of hydrogen-bond acceptors (Lipinski definition) is 6. The highest BCUT2D eigenvalue weighted by Crippen LogP contribution is 2.43. The van der Waals surface area contributed by atoms with E-state index in [0.717, 1.165) is 19.4 Å². The molecule has 6 rings (SSSR count). The van der Waals surface area contributed by atoms with Crippen LogP contribution in [-0.4, -0.2) is 77.6 Å². The van der Waals surface area contributed by atoms with Crippen LogP contribution in [0.4, 0.5) is 19.0 Å². The van der Waals surface area contributed by atoms with Crippen molar-refractivity contribution in [2.24, 2.45) is 0 Å². The van der Waals surface area contributed by atoms with Crippen LogP contribution in [0.15, 0.2) is 48.8 Å². The van der Waals surface area contributed by atoms with E-state index in [1.165, 1.54) is 11.0 Å². The first-order valence-corrected chi connectivity index (χ1v) is 15.1. The van der Waals surface area contributed by atoms with Crippen molar-refractivity contribution < 1.29 is 22.7 Å². The highest BCUT2D eigenvalue weighted by molar-refractivity contribution is 6.38. The fraction of sp³-hybridized carbons (Fsp3) is 0.344. The number of amides is 1. The molecule has 4 aromatic rings. The monoisotopic (exact) mass is 643 g/mol. The number of hydrogen-bond donors (Lipinski definition) is 0. The summed E-state index contributed by atoms with van der Waals surface area (Å²) in [4.78, 5) is 27.0. The number of aromatic nitrogens is 2. The van der Waals surface area contributed by atoms with E-state index in [2.05, 4.69) is 16.5 Å². The van der Waals surface area contributed by atoms with Crippen molar-refractivity contribution in [2.75, 3.05) is 44.7 Å². The second-order valence-electron chi connectivity index (χ2n) is 11.3. The number of anilines is 1. The second kappa shape index (κ2) is 12.1. The summed E-state index contributed by atoms with van der Waals surface area (Å²) in [6.45, 7) is 6.95. The number of carbonyl (C=O) groups is 1. The molecule has 3 aromatic carbocycles. The Morgan fingerprint density at radius 1 is 1.14 bits per heavy atom. The van der Waals surface area contributed by atoms with E-state index in [0.29, 0.717) is 34.1 Å². The fourth-order valence-electron chi connectivity index (χ4n) is 6.20. The summed E-state index contributed by atoms with van der Waals surface area (Å²) in [5.74, 6) is -2.79. The van der Waals surface area contributed by atoms with Gasteiger partial charge in [-0.05, 0) is 56.4 Å². The molecule has 2 saturated heterocycles. The zero-order chi connectivity index (χ0) is 31.3. The number of rotatable bonds is 6. The van der Waals surface area contributed by atoms with Gasteiger partial charge in [-0.3, -0.25) is 4.79 Å². The van der Waals surface area contributed by atoms with Gasteiger partial charge >= 0.3 is 6.01 Å². The van der Waals surface area contributed by atoms with E-state index in [-0.39, 0.29) is 58.9 Å². The Bertz CT molecular complexity index is 1810. The van der Waals surface area contributed by atoms with Gasteiger partial charge in [-0.1, -0.05) is 54.0 Å². The molecule has 0 radical (unpaired) electrons. The number of fused-ring (bicyclic) bond motifs is 2. The number of halogens is 5. The molecule has 0 bridgehead atoms. The van der Waals surface area contributed by atoms with Crippen molar-refractivity contribution in [1.29, 1.82) is 0 Å². The number of likely N-dealkylation sites (tertiary alicyclic amines) is 1. The molecular weight excluding hydrogens is 614 g/mol. The maximum Gasteiger partial charge on any atom is 0.319 e. The summed E-state index contributed by atoms with van der Waals surface area (Å²) in [5, 5.41) is 1.20. The van der Waals surface area contributed by atoms with E-state index in [1.807, 2.05) is 18.9 Å². The summed E-state index contributed by atoms with van der Waals surface area (Å²) < 4.78 is 51.0. The minimum Gasteiger partial charge on any atom is -0.462 e. The topological polar surface area (TPSA) is 61.8 Å². The molecule has 0 spiro atoms. The average molecular weight is 645 g/mol. The van der Waals surface area contributed by atoms with Crippen molar-refractivity contribution >= 4 is 56.6 Å². The van der Waals surface area contributed by atoms with Crippen molar-refractivity contribution in [3.8, 4) is 17.1 Å². The third-order valence-corrected chi connectivity index (χ3v) is 9.21. The Kier molecular flexibility index (Phi) is 8.34. The lowest BCUT2D eigenvalue weighted by molar-refractivity contribution is -0.129. The van der Waals surface area contributed by atoms with Gasteiger partial charge < -0.3 is 19.4 Å². The van der Waals surface area contributed by atoms with E-state index in [1.54, 1.807) is 30.3 Å². The van der Waals surface area contributed by atoms with Crippen molar-refractivity contribution in [1.82, 2.24) is 19.8 Å². The molecule has 7 nitrogen and oxygen atoms in total. The lowest BCUT2D eigenvalue weighted by Crippen LogP contribution is -2.54. The van der Waals surface area contributed by atoms with Crippen molar-refractivity contribution in [2.45, 2.75) is 31.8 Å². The molecule has 1 amide bonds. The molecule has 2 aliphatic heterocycles. The molecule has 44 heavy (non-hydrogen) atoms. The Hall–Kier alpha value is -3.60. The number of nitrogens with zero attached hydrogens (tertiary/aromatic N) is 5. The van der Waals surface area contributed by atoms with Gasteiger partial charge in [0, 0.05) is 48.1 Å². The summed E-state index contributed by atoms with van der Waals surface area (Å²) >= 11 is 13.2. The molecule has 2 atom stereocenters. The molecular formula is C32H30Cl2F3N5O2. The molecule has 0 saturated carbocycles. The number of benzene rings is 3. The predicted octanol–water partition coefficient (Wildman–Crippen LogP) is 7.03. The normalized spacial score (nSPS) is 19.2.